The predicted octanol–water partition coefficient (Wildman–Crippen LogP) is 0.417. The third-order valence-corrected chi connectivity index (χ3v) is 1.61. The number of fused-ring (bicyclic) bond motifs is 1. The van der Waals surface area contributed by atoms with Crippen molar-refractivity contribution in [3.05, 3.63) is 24.0 Å². The van der Waals surface area contributed by atoms with E-state index in [0.717, 1.165) is 16.7 Å². The van der Waals surface area contributed by atoms with Crippen LogP contribution in [-0.2, 0) is 6.54 Å². The van der Waals surface area contributed by atoms with Gasteiger partial charge in [0.1, 0.15) is 0 Å². The van der Waals surface area contributed by atoms with Gasteiger partial charge in [0.15, 0.2) is 5.65 Å². The summed E-state index contributed by atoms with van der Waals surface area (Å²) in [6, 6.07) is 3.82. The Labute approximate surface area is 63.4 Å². The summed E-state index contributed by atoms with van der Waals surface area (Å²) in [6.07, 6.45) is 1.71. The highest BCUT2D eigenvalue weighted by atomic mass is 15.1. The molecule has 0 aliphatic carbocycles. The standard InChI is InChI=1S/C7H8N4/c8-4-6-5-2-1-3-9-7(5)11-10-6/h1-3H,4,8H2,(H,9,10,11). The van der Waals surface area contributed by atoms with E-state index in [4.69, 9.17) is 5.73 Å². The van der Waals surface area contributed by atoms with Crippen LogP contribution < -0.4 is 5.73 Å². The molecule has 0 amide bonds. The Morgan fingerprint density at radius 1 is 1.55 bits per heavy atom. The molecular formula is C7H8N4. The lowest BCUT2D eigenvalue weighted by Crippen LogP contribution is -1.96. The number of pyridine rings is 1. The Balaban J connectivity index is 2.76. The molecule has 3 N–H and O–H groups in total. The van der Waals surface area contributed by atoms with Crippen molar-refractivity contribution in [2.45, 2.75) is 6.54 Å². The first-order chi connectivity index (χ1) is 5.42. The smallest absolute Gasteiger partial charge is 0.181 e. The number of nitrogens with two attached hydrogens (primary N) is 1. The van der Waals surface area contributed by atoms with Gasteiger partial charge in [-0.3, -0.25) is 5.10 Å². The van der Waals surface area contributed by atoms with Crippen LogP contribution in [0.3, 0.4) is 0 Å². The van der Waals surface area contributed by atoms with Gasteiger partial charge in [0.2, 0.25) is 0 Å². The second-order valence-corrected chi connectivity index (χ2v) is 2.28. The zero-order valence-electron chi connectivity index (χ0n) is 5.91. The van der Waals surface area contributed by atoms with Gasteiger partial charge in [-0.25, -0.2) is 4.98 Å². The lowest BCUT2D eigenvalue weighted by atomic mass is 10.3. The Morgan fingerprint density at radius 3 is 3.27 bits per heavy atom. The largest absolute Gasteiger partial charge is 0.325 e. The minimum absolute atomic E-state index is 0.474. The van der Waals surface area contributed by atoms with Crippen LogP contribution in [-0.4, -0.2) is 15.2 Å². The SMILES string of the molecule is NCc1[nH]nc2ncccc12. The molecule has 0 fully saturated rings. The fraction of sp³-hybridized carbons (Fsp3) is 0.143. The molecule has 2 heterocycles. The van der Waals surface area contributed by atoms with Crippen LogP contribution >= 0.6 is 0 Å². The molecule has 0 unspecified atom stereocenters. The van der Waals surface area contributed by atoms with Gasteiger partial charge in [0, 0.05) is 18.1 Å². The summed E-state index contributed by atoms with van der Waals surface area (Å²) in [6.45, 7) is 0.474. The van der Waals surface area contributed by atoms with Crippen LogP contribution in [0, 0.1) is 0 Å². The molecule has 0 bridgehead atoms. The monoisotopic (exact) mass is 148 g/mol. The number of aromatic nitrogens is 3. The van der Waals surface area contributed by atoms with Crippen molar-refractivity contribution in [1.29, 1.82) is 0 Å². The van der Waals surface area contributed by atoms with Gasteiger partial charge in [0.05, 0.1) is 5.69 Å². The molecule has 0 aromatic carbocycles. The second-order valence-electron chi connectivity index (χ2n) is 2.28. The highest BCUT2D eigenvalue weighted by Gasteiger charge is 2.01. The average molecular weight is 148 g/mol. The van der Waals surface area contributed by atoms with E-state index in [1.165, 1.54) is 0 Å². The van der Waals surface area contributed by atoms with Crippen molar-refractivity contribution < 1.29 is 0 Å². The van der Waals surface area contributed by atoms with Crippen LogP contribution in [0.25, 0.3) is 11.0 Å². The molecule has 0 radical (unpaired) electrons. The van der Waals surface area contributed by atoms with Crippen LogP contribution in [0.15, 0.2) is 18.3 Å². The summed E-state index contributed by atoms with van der Waals surface area (Å²) in [7, 11) is 0. The topological polar surface area (TPSA) is 67.6 Å². The van der Waals surface area contributed by atoms with Crippen LogP contribution in [0.1, 0.15) is 5.69 Å². The van der Waals surface area contributed by atoms with Gasteiger partial charge in [-0.05, 0) is 12.1 Å². The Kier molecular flexibility index (Phi) is 1.33. The summed E-state index contributed by atoms with van der Waals surface area (Å²) >= 11 is 0. The number of nitrogens with one attached hydrogen (secondary N) is 1. The molecule has 11 heavy (non-hydrogen) atoms. The van der Waals surface area contributed by atoms with Crippen LogP contribution in [0.2, 0.25) is 0 Å². The molecule has 4 heteroatoms. The van der Waals surface area contributed by atoms with E-state index in [9.17, 15) is 0 Å². The first-order valence-corrected chi connectivity index (χ1v) is 3.40. The summed E-state index contributed by atoms with van der Waals surface area (Å²) < 4.78 is 0. The van der Waals surface area contributed by atoms with Crippen molar-refractivity contribution in [3.63, 3.8) is 0 Å². The lowest BCUT2D eigenvalue weighted by Gasteiger charge is -1.88. The van der Waals surface area contributed by atoms with E-state index in [2.05, 4.69) is 15.2 Å². The fourth-order valence-electron chi connectivity index (χ4n) is 1.06. The van der Waals surface area contributed by atoms with E-state index < -0.39 is 0 Å². The van der Waals surface area contributed by atoms with Gasteiger partial charge >= 0.3 is 0 Å². The van der Waals surface area contributed by atoms with Gasteiger partial charge < -0.3 is 5.73 Å². The Morgan fingerprint density at radius 2 is 2.45 bits per heavy atom. The molecule has 56 valence electrons. The maximum Gasteiger partial charge on any atom is 0.181 e. The highest BCUT2D eigenvalue weighted by Crippen LogP contribution is 2.10. The Hall–Kier alpha value is -1.42. The second kappa shape index (κ2) is 2.32. The van der Waals surface area contributed by atoms with Crippen molar-refractivity contribution >= 4 is 11.0 Å². The summed E-state index contributed by atoms with van der Waals surface area (Å²) in [5.74, 6) is 0. The molecule has 2 rings (SSSR count). The number of hydrogen-bond acceptors (Lipinski definition) is 3. The molecule has 0 saturated heterocycles. The number of hydrogen-bond donors (Lipinski definition) is 2. The van der Waals surface area contributed by atoms with Crippen molar-refractivity contribution in [2.75, 3.05) is 0 Å². The van der Waals surface area contributed by atoms with Crippen LogP contribution in [0.4, 0.5) is 0 Å². The van der Waals surface area contributed by atoms with E-state index >= 15 is 0 Å². The molecule has 0 aliphatic rings. The third-order valence-electron chi connectivity index (χ3n) is 1.61. The lowest BCUT2D eigenvalue weighted by molar-refractivity contribution is 0.956. The normalized spacial score (nSPS) is 10.6. The van der Waals surface area contributed by atoms with Crippen molar-refractivity contribution in [1.82, 2.24) is 15.2 Å². The van der Waals surface area contributed by atoms with E-state index in [1.807, 2.05) is 12.1 Å². The number of nitrogens with zero attached hydrogens (tertiary/aromatic N) is 2. The minimum Gasteiger partial charge on any atom is -0.325 e. The third kappa shape index (κ3) is 0.877. The van der Waals surface area contributed by atoms with Crippen molar-refractivity contribution in [2.24, 2.45) is 5.73 Å². The number of H-pyrrole nitrogens is 1. The summed E-state index contributed by atoms with van der Waals surface area (Å²) in [5, 5.41) is 7.81. The number of aromatic amines is 1. The minimum atomic E-state index is 0.474. The molecule has 2 aromatic rings. The predicted molar refractivity (Wildman–Crippen MR) is 41.8 cm³/mol. The summed E-state index contributed by atoms with van der Waals surface area (Å²) in [5.41, 5.74) is 7.13. The van der Waals surface area contributed by atoms with Crippen molar-refractivity contribution in [3.8, 4) is 0 Å². The zero-order chi connectivity index (χ0) is 7.68. The zero-order valence-corrected chi connectivity index (χ0v) is 5.91. The van der Waals surface area contributed by atoms with E-state index in [0.29, 0.717) is 6.54 Å². The molecule has 0 aliphatic heterocycles. The molecule has 0 spiro atoms. The van der Waals surface area contributed by atoms with Gasteiger partial charge in [-0.15, -0.1) is 0 Å². The first kappa shape index (κ1) is 6.30. The van der Waals surface area contributed by atoms with E-state index in [1.54, 1.807) is 6.20 Å². The quantitative estimate of drug-likeness (QED) is 0.615. The molecule has 2 aromatic heterocycles. The molecule has 0 atom stereocenters. The number of rotatable bonds is 1. The maximum atomic E-state index is 5.46. The maximum absolute atomic E-state index is 5.46. The molecular weight excluding hydrogens is 140 g/mol. The van der Waals surface area contributed by atoms with Gasteiger partial charge in [0.25, 0.3) is 0 Å². The van der Waals surface area contributed by atoms with Gasteiger partial charge in [-0.1, -0.05) is 0 Å². The first-order valence-electron chi connectivity index (χ1n) is 3.40. The molecule has 0 saturated carbocycles. The highest BCUT2D eigenvalue weighted by molar-refractivity contribution is 5.77. The van der Waals surface area contributed by atoms with Crippen LogP contribution in [0.5, 0.6) is 0 Å². The van der Waals surface area contributed by atoms with E-state index in [-0.39, 0.29) is 0 Å². The fourth-order valence-corrected chi connectivity index (χ4v) is 1.06. The average Bonchev–Trinajstić information content (AvgIpc) is 2.47. The molecule has 4 nitrogen and oxygen atoms in total. The Bertz CT molecular complexity index is 365. The summed E-state index contributed by atoms with van der Waals surface area (Å²) in [4.78, 5) is 4.05. The van der Waals surface area contributed by atoms with Gasteiger partial charge in [-0.2, -0.15) is 5.10 Å².